The van der Waals surface area contributed by atoms with Crippen molar-refractivity contribution in [2.24, 2.45) is 11.8 Å². The van der Waals surface area contributed by atoms with Crippen molar-refractivity contribution in [3.63, 3.8) is 0 Å². The fourth-order valence-electron chi connectivity index (χ4n) is 4.06. The zero-order valence-electron chi connectivity index (χ0n) is 18.1. The van der Waals surface area contributed by atoms with Gasteiger partial charge in [-0.1, -0.05) is 25.1 Å². The molecule has 2 aromatic rings. The molecule has 1 amide bonds. The number of likely N-dealkylation sites (tertiary alicyclic amines) is 1. The molecule has 1 aliphatic heterocycles. The van der Waals surface area contributed by atoms with E-state index in [9.17, 15) is 13.6 Å². The Morgan fingerprint density at radius 3 is 2.41 bits per heavy atom. The molecule has 4 nitrogen and oxygen atoms in total. The summed E-state index contributed by atoms with van der Waals surface area (Å²) in [5, 5.41) is 0. The zero-order valence-corrected chi connectivity index (χ0v) is 20.6. The number of nitrogens with zero attached hydrogens (tertiary/aromatic N) is 1. The van der Waals surface area contributed by atoms with Gasteiger partial charge in [0.2, 0.25) is 5.91 Å². The SMILES string of the molecule is C[C@H]1CN(C(=O)C2CC2)[C@@H](Cc2cccc(-c3cc(F)ccc3F)c2F)[C@H]1[NH-].[CH2-]C.[O]=[Os]. The molecule has 2 fully saturated rings. The van der Waals surface area contributed by atoms with Crippen molar-refractivity contribution in [1.29, 1.82) is 0 Å². The number of nitrogens with one attached hydrogen (secondary N) is 1. The van der Waals surface area contributed by atoms with Gasteiger partial charge in [0.05, 0.1) is 0 Å². The van der Waals surface area contributed by atoms with Crippen LogP contribution >= 0.6 is 0 Å². The summed E-state index contributed by atoms with van der Waals surface area (Å²) in [6.45, 7) is 7.44. The molecule has 1 N–H and O–H groups in total. The van der Waals surface area contributed by atoms with Crippen LogP contribution in [0.25, 0.3) is 16.9 Å². The van der Waals surface area contributed by atoms with E-state index < -0.39 is 29.5 Å². The van der Waals surface area contributed by atoms with Crippen LogP contribution in [0.1, 0.15) is 32.3 Å². The summed E-state index contributed by atoms with van der Waals surface area (Å²) >= 11 is 0.611. The van der Waals surface area contributed by atoms with E-state index in [1.54, 1.807) is 24.0 Å². The first kappa shape index (κ1) is 26.3. The van der Waals surface area contributed by atoms with Crippen molar-refractivity contribution in [3.8, 4) is 11.1 Å². The molecular weight excluding hydrogens is 596 g/mol. The first-order valence-electron chi connectivity index (χ1n) is 10.5. The Kier molecular flexibility index (Phi) is 9.73. The monoisotopic (exact) mass is 624 g/mol. The van der Waals surface area contributed by atoms with Crippen molar-refractivity contribution in [2.45, 2.75) is 45.2 Å². The van der Waals surface area contributed by atoms with Gasteiger partial charge in [0.15, 0.2) is 0 Å². The molecule has 176 valence electrons. The summed E-state index contributed by atoms with van der Waals surface area (Å²) < 4.78 is 51.2. The normalized spacial score (nSPS) is 21.9. The van der Waals surface area contributed by atoms with E-state index >= 15 is 4.39 Å². The molecule has 1 saturated carbocycles. The number of benzene rings is 2. The summed E-state index contributed by atoms with van der Waals surface area (Å²) in [6, 6.07) is 6.64. The molecule has 2 aromatic carbocycles. The molecule has 4 rings (SSSR count). The molecule has 32 heavy (non-hydrogen) atoms. The second-order valence-corrected chi connectivity index (χ2v) is 7.94. The van der Waals surface area contributed by atoms with Crippen LogP contribution < -0.4 is 0 Å². The Morgan fingerprint density at radius 2 is 1.78 bits per heavy atom. The molecule has 0 unspecified atom stereocenters. The fourth-order valence-corrected chi connectivity index (χ4v) is 4.06. The first-order valence-corrected chi connectivity index (χ1v) is 11.5. The van der Waals surface area contributed by atoms with Gasteiger partial charge in [0.25, 0.3) is 0 Å². The third-order valence-corrected chi connectivity index (χ3v) is 5.85. The van der Waals surface area contributed by atoms with Crippen molar-refractivity contribution >= 4 is 5.91 Å². The van der Waals surface area contributed by atoms with Gasteiger partial charge in [0.1, 0.15) is 17.5 Å². The zero-order chi connectivity index (χ0) is 24.0. The second-order valence-electron chi connectivity index (χ2n) is 7.94. The third kappa shape index (κ3) is 5.71. The maximum absolute atomic E-state index is 15.2. The van der Waals surface area contributed by atoms with E-state index in [1.165, 1.54) is 6.07 Å². The molecule has 0 radical (unpaired) electrons. The van der Waals surface area contributed by atoms with E-state index in [1.807, 2.05) is 6.92 Å². The van der Waals surface area contributed by atoms with Crippen LogP contribution in [0.3, 0.4) is 0 Å². The number of carbonyl (C=O) groups is 1. The maximum atomic E-state index is 15.2. The standard InChI is InChI=1S/C22H22F3N2O.C2H5.O.Os/c1-12-11-27(22(28)13-5-6-13)19(21(12)26)9-14-3-2-4-16(20(14)25)17-10-15(23)7-8-18(17)24;1-2;;/h2-4,7-8,10,12-13,19,21,26H,5-6,9,11H2,1H3;1H2,2H3;;/q2*-1;;/t12-,19-,21-;;;/m0.../s1. The van der Waals surface area contributed by atoms with Gasteiger partial charge in [-0.3, -0.25) is 4.79 Å². The molecule has 0 bridgehead atoms. The van der Waals surface area contributed by atoms with Gasteiger partial charge in [0, 0.05) is 29.6 Å². The number of halogens is 3. The number of amides is 1. The minimum atomic E-state index is -0.698. The van der Waals surface area contributed by atoms with Crippen LogP contribution in [0.2, 0.25) is 0 Å². The van der Waals surface area contributed by atoms with Crippen molar-refractivity contribution in [2.75, 3.05) is 6.54 Å². The van der Waals surface area contributed by atoms with Crippen LogP contribution in [0.15, 0.2) is 36.4 Å². The number of hydrogen-bond donors (Lipinski definition) is 0. The second kappa shape index (κ2) is 11.8. The Bertz CT molecular complexity index is 939. The molecule has 2 aliphatic rings. The van der Waals surface area contributed by atoms with Crippen molar-refractivity contribution < 1.29 is 40.1 Å². The molecule has 3 atom stereocenters. The molecule has 8 heteroatoms. The topological polar surface area (TPSA) is 61.2 Å². The van der Waals surface area contributed by atoms with Crippen LogP contribution in [-0.2, 0) is 33.3 Å². The van der Waals surface area contributed by atoms with E-state index in [4.69, 9.17) is 9.27 Å². The quantitative estimate of drug-likeness (QED) is 0.411. The molecule has 1 aliphatic carbocycles. The predicted molar refractivity (Wildman–Crippen MR) is 113 cm³/mol. The van der Waals surface area contributed by atoms with E-state index in [0.29, 0.717) is 30.7 Å². The number of hydrogen-bond acceptors (Lipinski definition) is 2. The summed E-state index contributed by atoms with van der Waals surface area (Å²) in [4.78, 5) is 14.3. The van der Waals surface area contributed by atoms with Gasteiger partial charge < -0.3 is 17.6 Å². The van der Waals surface area contributed by atoms with Crippen LogP contribution in [0, 0.1) is 36.2 Å². The van der Waals surface area contributed by atoms with Crippen LogP contribution in [0.5, 0.6) is 0 Å². The molecule has 1 saturated heterocycles. The van der Waals surface area contributed by atoms with Crippen molar-refractivity contribution in [1.82, 2.24) is 4.90 Å². The number of rotatable bonds is 4. The molecule has 0 aromatic heterocycles. The number of carbonyl (C=O) groups excluding carboxylic acids is 1. The van der Waals surface area contributed by atoms with Gasteiger partial charge in [-0.25, -0.2) is 13.2 Å². The Morgan fingerprint density at radius 1 is 1.12 bits per heavy atom. The summed E-state index contributed by atoms with van der Waals surface area (Å²) in [5.41, 5.74) is 8.62. The summed E-state index contributed by atoms with van der Waals surface area (Å²) in [5.74, 6) is -1.86. The fraction of sp³-hybridized carbons (Fsp3) is 0.417. The molecule has 1 heterocycles. The van der Waals surface area contributed by atoms with Gasteiger partial charge in [-0.2, -0.15) is 6.92 Å². The third-order valence-electron chi connectivity index (χ3n) is 5.85. The molecular formula is C24H27F3N2O2Os-2. The Balaban J connectivity index is 0.000000860. The van der Waals surface area contributed by atoms with E-state index in [-0.39, 0.29) is 35.3 Å². The Hall–Kier alpha value is -1.90. The average molecular weight is 623 g/mol. The van der Waals surface area contributed by atoms with Gasteiger partial charge in [-0.05, 0) is 48.9 Å². The van der Waals surface area contributed by atoms with E-state index in [0.717, 1.165) is 31.0 Å². The minimum absolute atomic E-state index is 0.0119. The summed E-state index contributed by atoms with van der Waals surface area (Å²) in [7, 11) is 0. The molecule has 0 spiro atoms. The van der Waals surface area contributed by atoms with Gasteiger partial charge in [-0.15, -0.1) is 6.04 Å². The predicted octanol–water partition coefficient (Wildman–Crippen LogP) is 5.71. The van der Waals surface area contributed by atoms with Crippen LogP contribution in [-0.4, -0.2) is 29.4 Å². The van der Waals surface area contributed by atoms with Gasteiger partial charge >= 0.3 is 22.1 Å². The van der Waals surface area contributed by atoms with E-state index in [2.05, 4.69) is 6.92 Å². The Labute approximate surface area is 197 Å². The summed E-state index contributed by atoms with van der Waals surface area (Å²) in [6.07, 6.45) is 1.94. The average Bonchev–Trinajstić information content (AvgIpc) is 3.62. The van der Waals surface area contributed by atoms with Crippen LogP contribution in [0.4, 0.5) is 13.2 Å². The van der Waals surface area contributed by atoms with Crippen molar-refractivity contribution in [3.05, 3.63) is 72.1 Å². The first-order chi connectivity index (χ1) is 15.4.